The Labute approximate surface area is 143 Å². The third-order valence-corrected chi connectivity index (χ3v) is 4.11. The molecule has 24 heavy (non-hydrogen) atoms. The molecule has 1 aromatic carbocycles. The zero-order chi connectivity index (χ0) is 17.4. The van der Waals surface area contributed by atoms with Crippen molar-refractivity contribution >= 4 is 23.3 Å². The predicted molar refractivity (Wildman–Crippen MR) is 95.4 cm³/mol. The van der Waals surface area contributed by atoms with Crippen molar-refractivity contribution in [2.45, 2.75) is 33.1 Å². The fraction of sp³-hybridized carbons (Fsp3) is 0.556. The van der Waals surface area contributed by atoms with Crippen LogP contribution in [-0.2, 0) is 9.53 Å². The lowest BCUT2D eigenvalue weighted by Crippen LogP contribution is -2.16. The fourth-order valence-electron chi connectivity index (χ4n) is 2.84. The van der Waals surface area contributed by atoms with E-state index in [1.165, 1.54) is 0 Å². The van der Waals surface area contributed by atoms with Gasteiger partial charge in [-0.3, -0.25) is 4.79 Å². The van der Waals surface area contributed by atoms with Crippen LogP contribution < -0.4 is 16.0 Å². The molecule has 0 spiro atoms. The van der Waals surface area contributed by atoms with E-state index in [9.17, 15) is 9.59 Å². The number of carbonyl (C=O) groups is 2. The number of esters is 1. The Hall–Kier alpha value is -2.08. The molecule has 1 aliphatic rings. The maximum atomic E-state index is 12.3. The SMILES string of the molecule is CCNc1ccc(C(=O)OCC)cc1NC(=O)CCC1CCNC1. The van der Waals surface area contributed by atoms with Gasteiger partial charge in [0.15, 0.2) is 0 Å². The second-order valence-electron chi connectivity index (χ2n) is 5.96. The number of benzene rings is 1. The Bertz CT molecular complexity index is 569. The van der Waals surface area contributed by atoms with Gasteiger partial charge >= 0.3 is 5.97 Å². The quantitative estimate of drug-likeness (QED) is 0.637. The van der Waals surface area contributed by atoms with Crippen molar-refractivity contribution in [3.8, 4) is 0 Å². The molecule has 2 rings (SSSR count). The molecule has 1 saturated heterocycles. The summed E-state index contributed by atoms with van der Waals surface area (Å²) in [6, 6.07) is 5.17. The van der Waals surface area contributed by atoms with Gasteiger partial charge in [0.05, 0.1) is 23.5 Å². The van der Waals surface area contributed by atoms with Crippen molar-refractivity contribution < 1.29 is 14.3 Å². The predicted octanol–water partition coefficient (Wildman–Crippen LogP) is 2.62. The van der Waals surface area contributed by atoms with Crippen molar-refractivity contribution in [2.24, 2.45) is 5.92 Å². The van der Waals surface area contributed by atoms with E-state index in [0.29, 0.717) is 30.2 Å². The summed E-state index contributed by atoms with van der Waals surface area (Å²) in [5.41, 5.74) is 1.87. The van der Waals surface area contributed by atoms with Crippen LogP contribution in [0.4, 0.5) is 11.4 Å². The van der Waals surface area contributed by atoms with Gasteiger partial charge in [0.2, 0.25) is 5.91 Å². The van der Waals surface area contributed by atoms with Crippen LogP contribution in [0.1, 0.15) is 43.5 Å². The molecule has 132 valence electrons. The van der Waals surface area contributed by atoms with E-state index in [0.717, 1.165) is 38.2 Å². The van der Waals surface area contributed by atoms with Crippen molar-refractivity contribution in [1.29, 1.82) is 0 Å². The Morgan fingerprint density at radius 2 is 2.12 bits per heavy atom. The van der Waals surface area contributed by atoms with Crippen LogP contribution >= 0.6 is 0 Å². The first-order chi connectivity index (χ1) is 11.6. The molecule has 0 bridgehead atoms. The number of anilines is 2. The van der Waals surface area contributed by atoms with E-state index in [4.69, 9.17) is 4.74 Å². The minimum Gasteiger partial charge on any atom is -0.462 e. The molecule has 3 N–H and O–H groups in total. The Morgan fingerprint density at radius 1 is 1.29 bits per heavy atom. The highest BCUT2D eigenvalue weighted by Crippen LogP contribution is 2.24. The Kier molecular flexibility index (Phi) is 7.06. The van der Waals surface area contributed by atoms with Crippen LogP contribution in [0.25, 0.3) is 0 Å². The fourth-order valence-corrected chi connectivity index (χ4v) is 2.84. The molecule has 1 heterocycles. The average molecular weight is 333 g/mol. The first kappa shape index (κ1) is 18.3. The average Bonchev–Trinajstić information content (AvgIpc) is 3.08. The van der Waals surface area contributed by atoms with Crippen LogP contribution in [0.15, 0.2) is 18.2 Å². The van der Waals surface area contributed by atoms with E-state index in [1.807, 2.05) is 6.92 Å². The lowest BCUT2D eigenvalue weighted by Gasteiger charge is -2.14. The summed E-state index contributed by atoms with van der Waals surface area (Å²) in [7, 11) is 0. The summed E-state index contributed by atoms with van der Waals surface area (Å²) in [6.07, 6.45) is 2.50. The molecular weight excluding hydrogens is 306 g/mol. The molecule has 1 aromatic rings. The highest BCUT2D eigenvalue weighted by atomic mass is 16.5. The van der Waals surface area contributed by atoms with E-state index in [-0.39, 0.29) is 11.9 Å². The molecule has 0 aromatic heterocycles. The molecule has 1 unspecified atom stereocenters. The van der Waals surface area contributed by atoms with Gasteiger partial charge in [-0.2, -0.15) is 0 Å². The standard InChI is InChI=1S/C18H27N3O3/c1-3-20-15-7-6-14(18(23)24-4-2)11-16(15)21-17(22)8-5-13-9-10-19-12-13/h6-7,11,13,19-20H,3-5,8-10,12H2,1-2H3,(H,21,22). The molecule has 0 radical (unpaired) electrons. The van der Waals surface area contributed by atoms with E-state index in [2.05, 4.69) is 16.0 Å². The van der Waals surface area contributed by atoms with Crippen molar-refractivity contribution in [3.63, 3.8) is 0 Å². The number of nitrogens with one attached hydrogen (secondary N) is 3. The summed E-state index contributed by atoms with van der Waals surface area (Å²) in [4.78, 5) is 24.1. The van der Waals surface area contributed by atoms with Gasteiger partial charge in [-0.25, -0.2) is 4.79 Å². The number of amides is 1. The molecule has 0 aliphatic carbocycles. The lowest BCUT2D eigenvalue weighted by atomic mass is 10.0. The van der Waals surface area contributed by atoms with Crippen LogP contribution in [0.5, 0.6) is 0 Å². The molecule has 1 fully saturated rings. The lowest BCUT2D eigenvalue weighted by molar-refractivity contribution is -0.116. The molecule has 6 heteroatoms. The summed E-state index contributed by atoms with van der Waals surface area (Å²) in [6.45, 7) is 6.84. The largest absolute Gasteiger partial charge is 0.462 e. The van der Waals surface area contributed by atoms with Crippen LogP contribution in [0.2, 0.25) is 0 Å². The van der Waals surface area contributed by atoms with Crippen molar-refractivity contribution in [3.05, 3.63) is 23.8 Å². The van der Waals surface area contributed by atoms with Gasteiger partial charge in [0, 0.05) is 13.0 Å². The maximum Gasteiger partial charge on any atom is 0.338 e. The van der Waals surface area contributed by atoms with E-state index < -0.39 is 0 Å². The first-order valence-corrected chi connectivity index (χ1v) is 8.69. The van der Waals surface area contributed by atoms with Crippen molar-refractivity contribution in [1.82, 2.24) is 5.32 Å². The Morgan fingerprint density at radius 3 is 2.79 bits per heavy atom. The monoisotopic (exact) mass is 333 g/mol. The maximum absolute atomic E-state index is 12.3. The molecule has 6 nitrogen and oxygen atoms in total. The number of rotatable bonds is 8. The van der Waals surface area contributed by atoms with Crippen LogP contribution in [0.3, 0.4) is 0 Å². The molecule has 1 aliphatic heterocycles. The number of hydrogen-bond donors (Lipinski definition) is 3. The zero-order valence-electron chi connectivity index (χ0n) is 14.5. The molecule has 1 atom stereocenters. The van der Waals surface area contributed by atoms with Gasteiger partial charge in [0.1, 0.15) is 0 Å². The third-order valence-electron chi connectivity index (χ3n) is 4.11. The summed E-state index contributed by atoms with van der Waals surface area (Å²) < 4.78 is 5.02. The van der Waals surface area contributed by atoms with Gasteiger partial charge in [0.25, 0.3) is 0 Å². The topological polar surface area (TPSA) is 79.5 Å². The van der Waals surface area contributed by atoms with Crippen LogP contribution in [0, 0.1) is 5.92 Å². The van der Waals surface area contributed by atoms with Gasteiger partial charge in [-0.05, 0) is 63.9 Å². The summed E-state index contributed by atoms with van der Waals surface area (Å²) in [5, 5.41) is 9.44. The highest BCUT2D eigenvalue weighted by molar-refractivity contribution is 5.98. The van der Waals surface area contributed by atoms with Crippen molar-refractivity contribution in [2.75, 3.05) is 36.9 Å². The number of ether oxygens (including phenoxy) is 1. The summed E-state index contributed by atoms with van der Waals surface area (Å²) in [5.74, 6) is 0.171. The first-order valence-electron chi connectivity index (χ1n) is 8.69. The zero-order valence-corrected chi connectivity index (χ0v) is 14.5. The third kappa shape index (κ3) is 5.23. The molecular formula is C18H27N3O3. The molecule has 1 amide bonds. The number of hydrogen-bond acceptors (Lipinski definition) is 5. The normalized spacial score (nSPS) is 16.7. The summed E-state index contributed by atoms with van der Waals surface area (Å²) >= 11 is 0. The second-order valence-corrected chi connectivity index (χ2v) is 5.96. The van der Waals surface area contributed by atoms with E-state index in [1.54, 1.807) is 25.1 Å². The van der Waals surface area contributed by atoms with Gasteiger partial charge in [-0.15, -0.1) is 0 Å². The Balaban J connectivity index is 2.02. The highest BCUT2D eigenvalue weighted by Gasteiger charge is 2.17. The van der Waals surface area contributed by atoms with Gasteiger partial charge < -0.3 is 20.7 Å². The minimum absolute atomic E-state index is 0.0259. The number of carbonyl (C=O) groups excluding carboxylic acids is 2. The van der Waals surface area contributed by atoms with Crippen LogP contribution in [-0.4, -0.2) is 38.1 Å². The minimum atomic E-state index is -0.381. The molecule has 0 saturated carbocycles. The van der Waals surface area contributed by atoms with E-state index >= 15 is 0 Å². The smallest absolute Gasteiger partial charge is 0.338 e. The second kappa shape index (κ2) is 9.27. The van der Waals surface area contributed by atoms with Gasteiger partial charge in [-0.1, -0.05) is 0 Å².